The van der Waals surface area contributed by atoms with Gasteiger partial charge in [0.15, 0.2) is 0 Å². The van der Waals surface area contributed by atoms with Gasteiger partial charge in [-0.25, -0.2) is 9.97 Å². The predicted molar refractivity (Wildman–Crippen MR) is 111 cm³/mol. The second-order valence-electron chi connectivity index (χ2n) is 7.78. The number of benzene rings is 1. The first kappa shape index (κ1) is 21.5. The Balaban J connectivity index is 1.90. The molecule has 0 saturated carbocycles. The van der Waals surface area contributed by atoms with Crippen LogP contribution >= 0.6 is 0 Å². The van der Waals surface area contributed by atoms with Gasteiger partial charge in [0, 0.05) is 18.2 Å². The van der Waals surface area contributed by atoms with Crippen molar-refractivity contribution >= 4 is 11.9 Å². The molecular weight excluding hydrogens is 370 g/mol. The first-order chi connectivity index (χ1) is 13.9. The molecule has 156 valence electrons. The van der Waals surface area contributed by atoms with Gasteiger partial charge in [0.25, 0.3) is 0 Å². The van der Waals surface area contributed by atoms with Crippen LogP contribution in [-0.2, 0) is 17.6 Å². The molecule has 0 spiro atoms. The monoisotopic (exact) mass is 399 g/mol. The normalized spacial score (nSPS) is 24.7. The Morgan fingerprint density at radius 1 is 1.10 bits per heavy atom. The first-order valence-electron chi connectivity index (χ1n) is 9.98. The minimum Gasteiger partial charge on any atom is -0.394 e. The molecule has 7 heteroatoms. The van der Waals surface area contributed by atoms with Crippen LogP contribution in [0.5, 0.6) is 0 Å². The Labute approximate surface area is 171 Å². The SMILES string of the molecule is CC=Nc1c(C[C@@H]2O[C@H](CO)[C@@H](O)[C@H]2O)ncnc1-c1ccc(CC(C)C)cc1. The van der Waals surface area contributed by atoms with Gasteiger partial charge in [-0.2, -0.15) is 0 Å². The molecule has 1 saturated heterocycles. The van der Waals surface area contributed by atoms with Gasteiger partial charge in [0.1, 0.15) is 30.3 Å². The Bertz CT molecular complexity index is 838. The fourth-order valence-electron chi connectivity index (χ4n) is 3.65. The van der Waals surface area contributed by atoms with Crippen molar-refractivity contribution in [1.29, 1.82) is 0 Å². The highest BCUT2D eigenvalue weighted by atomic mass is 16.6. The molecule has 0 unspecified atom stereocenters. The average Bonchev–Trinajstić information content (AvgIpc) is 2.97. The Morgan fingerprint density at radius 3 is 2.38 bits per heavy atom. The number of aliphatic hydroxyl groups excluding tert-OH is 3. The van der Waals surface area contributed by atoms with E-state index < -0.39 is 24.4 Å². The van der Waals surface area contributed by atoms with Crippen LogP contribution in [0.3, 0.4) is 0 Å². The summed E-state index contributed by atoms with van der Waals surface area (Å²) in [4.78, 5) is 13.3. The summed E-state index contributed by atoms with van der Waals surface area (Å²) in [6, 6.07) is 8.27. The largest absolute Gasteiger partial charge is 0.394 e. The van der Waals surface area contributed by atoms with Crippen LogP contribution in [0.25, 0.3) is 11.3 Å². The summed E-state index contributed by atoms with van der Waals surface area (Å²) in [5.41, 5.74) is 4.14. The molecule has 3 N–H and O–H groups in total. The fraction of sp³-hybridized carbons (Fsp3) is 0.500. The second kappa shape index (κ2) is 9.54. The Kier molecular flexibility index (Phi) is 7.08. The summed E-state index contributed by atoms with van der Waals surface area (Å²) >= 11 is 0. The van der Waals surface area contributed by atoms with Crippen molar-refractivity contribution < 1.29 is 20.1 Å². The second-order valence-corrected chi connectivity index (χ2v) is 7.78. The van der Waals surface area contributed by atoms with Crippen molar-refractivity contribution in [2.75, 3.05) is 6.61 Å². The Morgan fingerprint density at radius 2 is 1.79 bits per heavy atom. The zero-order valence-electron chi connectivity index (χ0n) is 17.1. The average molecular weight is 399 g/mol. The molecule has 1 aliphatic rings. The summed E-state index contributed by atoms with van der Waals surface area (Å²) in [6.45, 7) is 5.85. The number of hydrogen-bond donors (Lipinski definition) is 3. The maximum Gasteiger partial charge on any atom is 0.116 e. The summed E-state index contributed by atoms with van der Waals surface area (Å²) in [5.74, 6) is 0.586. The minimum absolute atomic E-state index is 0.252. The van der Waals surface area contributed by atoms with Crippen molar-refractivity contribution in [2.45, 2.75) is 58.0 Å². The fourth-order valence-corrected chi connectivity index (χ4v) is 3.65. The van der Waals surface area contributed by atoms with Gasteiger partial charge in [-0.3, -0.25) is 4.99 Å². The van der Waals surface area contributed by atoms with Crippen LogP contribution < -0.4 is 0 Å². The van der Waals surface area contributed by atoms with E-state index in [-0.39, 0.29) is 13.0 Å². The zero-order chi connectivity index (χ0) is 21.0. The standard InChI is InChI=1S/C22H29N3O4/c1-4-23-20-16(10-17-21(27)22(28)18(11-26)29-17)24-12-25-19(20)15-7-5-14(6-8-15)9-13(2)3/h4-8,12-13,17-18,21-22,26-28H,9-11H2,1-3H3/t17-,18+,21-,22+/m0/s1. The van der Waals surface area contributed by atoms with E-state index >= 15 is 0 Å². The molecule has 4 atom stereocenters. The number of aliphatic hydroxyl groups is 3. The minimum atomic E-state index is -1.13. The van der Waals surface area contributed by atoms with Crippen LogP contribution in [0.2, 0.25) is 0 Å². The smallest absolute Gasteiger partial charge is 0.116 e. The maximum absolute atomic E-state index is 10.3. The van der Waals surface area contributed by atoms with Gasteiger partial charge < -0.3 is 20.1 Å². The van der Waals surface area contributed by atoms with Crippen LogP contribution in [0.15, 0.2) is 35.6 Å². The third-order valence-electron chi connectivity index (χ3n) is 5.06. The molecule has 1 aromatic heterocycles. The molecule has 7 nitrogen and oxygen atoms in total. The van der Waals surface area contributed by atoms with Gasteiger partial charge in [0.2, 0.25) is 0 Å². The lowest BCUT2D eigenvalue weighted by Crippen LogP contribution is -2.34. The molecule has 1 fully saturated rings. The predicted octanol–water partition coefficient (Wildman–Crippen LogP) is 2.09. The van der Waals surface area contributed by atoms with E-state index in [0.29, 0.717) is 23.0 Å². The molecule has 1 aromatic carbocycles. The van der Waals surface area contributed by atoms with Crippen molar-refractivity contribution in [3.63, 3.8) is 0 Å². The summed E-state index contributed by atoms with van der Waals surface area (Å²) in [5, 5.41) is 29.6. The van der Waals surface area contributed by atoms with Gasteiger partial charge in [-0.1, -0.05) is 38.1 Å². The highest BCUT2D eigenvalue weighted by molar-refractivity contribution is 5.77. The maximum atomic E-state index is 10.3. The summed E-state index contributed by atoms with van der Waals surface area (Å²) < 4.78 is 5.61. The van der Waals surface area contributed by atoms with Gasteiger partial charge in [-0.15, -0.1) is 0 Å². The molecule has 0 bridgehead atoms. The van der Waals surface area contributed by atoms with E-state index in [9.17, 15) is 15.3 Å². The third kappa shape index (κ3) is 4.87. The molecule has 29 heavy (non-hydrogen) atoms. The highest BCUT2D eigenvalue weighted by Gasteiger charge is 2.42. The Hall–Kier alpha value is -2.19. The quantitative estimate of drug-likeness (QED) is 0.615. The molecule has 2 aromatic rings. The molecular formula is C22H29N3O4. The molecule has 0 aliphatic carbocycles. The number of hydrogen-bond acceptors (Lipinski definition) is 7. The van der Waals surface area contributed by atoms with Crippen LogP contribution in [0, 0.1) is 5.92 Å². The zero-order valence-corrected chi connectivity index (χ0v) is 17.1. The van der Waals surface area contributed by atoms with E-state index in [1.54, 1.807) is 6.21 Å². The van der Waals surface area contributed by atoms with E-state index in [4.69, 9.17) is 4.74 Å². The van der Waals surface area contributed by atoms with Crippen molar-refractivity contribution in [1.82, 2.24) is 9.97 Å². The lowest BCUT2D eigenvalue weighted by Gasteiger charge is -2.16. The lowest BCUT2D eigenvalue weighted by atomic mass is 9.99. The first-order valence-corrected chi connectivity index (χ1v) is 9.98. The van der Waals surface area contributed by atoms with Crippen LogP contribution in [0.1, 0.15) is 32.0 Å². The lowest BCUT2D eigenvalue weighted by molar-refractivity contribution is -0.0217. The number of rotatable bonds is 7. The summed E-state index contributed by atoms with van der Waals surface area (Å²) in [6.07, 6.45) is 0.714. The molecule has 2 heterocycles. The molecule has 1 aliphatic heterocycles. The number of nitrogens with zero attached hydrogens (tertiary/aromatic N) is 3. The van der Waals surface area contributed by atoms with Gasteiger partial charge >= 0.3 is 0 Å². The van der Waals surface area contributed by atoms with Crippen molar-refractivity contribution in [3.8, 4) is 11.3 Å². The summed E-state index contributed by atoms with van der Waals surface area (Å²) in [7, 11) is 0. The van der Waals surface area contributed by atoms with Gasteiger partial charge in [-0.05, 0) is 24.8 Å². The molecule has 0 amide bonds. The highest BCUT2D eigenvalue weighted by Crippen LogP contribution is 2.33. The molecule has 3 rings (SSSR count). The number of aromatic nitrogens is 2. The topological polar surface area (TPSA) is 108 Å². The van der Waals surface area contributed by atoms with Gasteiger partial charge in [0.05, 0.1) is 24.1 Å². The van der Waals surface area contributed by atoms with Crippen molar-refractivity contribution in [2.24, 2.45) is 10.9 Å². The van der Waals surface area contributed by atoms with Crippen LogP contribution in [0.4, 0.5) is 5.69 Å². The van der Waals surface area contributed by atoms with Crippen molar-refractivity contribution in [3.05, 3.63) is 41.9 Å². The van der Waals surface area contributed by atoms with E-state index in [1.165, 1.54) is 11.9 Å². The number of aliphatic imine (C=N–C) groups is 1. The third-order valence-corrected chi connectivity index (χ3v) is 5.06. The van der Waals surface area contributed by atoms with E-state index in [0.717, 1.165) is 12.0 Å². The molecule has 0 radical (unpaired) electrons. The van der Waals surface area contributed by atoms with Crippen LogP contribution in [-0.4, -0.2) is 62.5 Å². The van der Waals surface area contributed by atoms with E-state index in [1.807, 2.05) is 19.1 Å². The number of ether oxygens (including phenoxy) is 1. The van der Waals surface area contributed by atoms with E-state index in [2.05, 4.69) is 40.9 Å².